The van der Waals surface area contributed by atoms with Crippen LogP contribution in [-0.2, 0) is 16.1 Å². The number of fused-ring (bicyclic) bond motifs is 1. The topological polar surface area (TPSA) is 61.8 Å². The van der Waals surface area contributed by atoms with Crippen molar-refractivity contribution in [2.24, 2.45) is 0 Å². The van der Waals surface area contributed by atoms with Gasteiger partial charge in [0.05, 0.1) is 24.7 Å². The van der Waals surface area contributed by atoms with Crippen molar-refractivity contribution >= 4 is 23.4 Å². The Morgan fingerprint density at radius 1 is 1.07 bits per heavy atom. The summed E-state index contributed by atoms with van der Waals surface area (Å²) in [5.41, 5.74) is 0.547. The highest BCUT2D eigenvalue weighted by atomic mass is 35.5. The Morgan fingerprint density at radius 3 is 2.63 bits per heavy atom. The summed E-state index contributed by atoms with van der Waals surface area (Å²) < 4.78 is 29.8. The molecule has 0 radical (unpaired) electrons. The summed E-state index contributed by atoms with van der Waals surface area (Å²) in [5, 5.41) is 0.186. The molecule has 0 N–H and O–H groups in total. The fourth-order valence-electron chi connectivity index (χ4n) is 2.59. The fourth-order valence-corrected chi connectivity index (χ4v) is 2.81. The van der Waals surface area contributed by atoms with Crippen molar-refractivity contribution < 1.29 is 28.2 Å². The molecule has 2 aromatic carbocycles. The summed E-state index contributed by atoms with van der Waals surface area (Å²) in [6.07, 6.45) is 0.638. The lowest BCUT2D eigenvalue weighted by molar-refractivity contribution is -0.144. The molecule has 3 rings (SSSR count). The number of benzene rings is 2. The highest BCUT2D eigenvalue weighted by Gasteiger charge is 2.16. The van der Waals surface area contributed by atoms with Crippen LogP contribution in [0.3, 0.4) is 0 Å². The third-order valence-electron chi connectivity index (χ3n) is 4.06. The van der Waals surface area contributed by atoms with Gasteiger partial charge in [-0.15, -0.1) is 0 Å². The lowest BCUT2D eigenvalue weighted by Crippen LogP contribution is -2.09. The minimum absolute atomic E-state index is 0.0243. The van der Waals surface area contributed by atoms with E-state index in [1.165, 1.54) is 18.2 Å². The highest BCUT2D eigenvalue weighted by molar-refractivity contribution is 6.31. The van der Waals surface area contributed by atoms with Crippen LogP contribution in [0.5, 0.6) is 11.5 Å². The molecule has 2 aromatic rings. The number of carbonyl (C=O) groups is 2. The van der Waals surface area contributed by atoms with Gasteiger partial charge in [-0.1, -0.05) is 17.7 Å². The van der Waals surface area contributed by atoms with Gasteiger partial charge in [0.2, 0.25) is 0 Å². The Bertz CT molecular complexity index is 832. The predicted octanol–water partition coefficient (Wildman–Crippen LogP) is 4.35. The molecule has 1 heterocycles. The third kappa shape index (κ3) is 4.98. The van der Waals surface area contributed by atoms with E-state index >= 15 is 0 Å². The maximum absolute atomic E-state index is 13.7. The van der Waals surface area contributed by atoms with Gasteiger partial charge in [0.1, 0.15) is 12.4 Å². The molecule has 0 unspecified atom stereocenters. The third-order valence-corrected chi connectivity index (χ3v) is 4.42. The average molecular weight is 393 g/mol. The van der Waals surface area contributed by atoms with Gasteiger partial charge >= 0.3 is 5.97 Å². The second-order valence-electron chi connectivity index (χ2n) is 6.00. The Kier molecular flexibility index (Phi) is 6.29. The first-order chi connectivity index (χ1) is 13.0. The molecule has 0 spiro atoms. The molecule has 1 aliphatic rings. The first kappa shape index (κ1) is 19.2. The molecule has 0 saturated heterocycles. The van der Waals surface area contributed by atoms with E-state index < -0.39 is 11.8 Å². The molecule has 0 atom stereocenters. The standard InChI is InChI=1S/C20H18ClFO5/c21-15-3-1-4-16(22)14(15)12-27-20(24)8-6-17(23)13-5-7-18-19(11-13)26-10-2-9-25-18/h1,3-5,7,11H,2,6,8-10,12H2. The second-order valence-corrected chi connectivity index (χ2v) is 6.40. The number of hydrogen-bond donors (Lipinski definition) is 0. The molecule has 5 nitrogen and oxygen atoms in total. The SMILES string of the molecule is O=C(CCC(=O)c1ccc2c(c1)OCCCO2)OCc1c(F)cccc1Cl. The van der Waals surface area contributed by atoms with E-state index in [0.717, 1.165) is 6.42 Å². The summed E-state index contributed by atoms with van der Waals surface area (Å²) in [4.78, 5) is 24.2. The van der Waals surface area contributed by atoms with Gasteiger partial charge in [0.15, 0.2) is 17.3 Å². The monoisotopic (exact) mass is 392 g/mol. The zero-order valence-corrected chi connectivity index (χ0v) is 15.3. The minimum atomic E-state index is -0.600. The first-order valence-corrected chi connectivity index (χ1v) is 8.94. The van der Waals surface area contributed by atoms with Crippen molar-refractivity contribution in [2.45, 2.75) is 25.9 Å². The normalized spacial score (nSPS) is 13.0. The van der Waals surface area contributed by atoms with Crippen LogP contribution in [0.25, 0.3) is 0 Å². The number of esters is 1. The predicted molar refractivity (Wildman–Crippen MR) is 96.8 cm³/mol. The van der Waals surface area contributed by atoms with Gasteiger partial charge in [0, 0.05) is 24.0 Å². The molecule has 142 valence electrons. The van der Waals surface area contributed by atoms with Crippen molar-refractivity contribution in [1.82, 2.24) is 0 Å². The summed E-state index contributed by atoms with van der Waals surface area (Å²) in [6.45, 7) is 0.816. The highest BCUT2D eigenvalue weighted by Crippen LogP contribution is 2.31. The van der Waals surface area contributed by atoms with Crippen LogP contribution < -0.4 is 9.47 Å². The minimum Gasteiger partial charge on any atom is -0.490 e. The van der Waals surface area contributed by atoms with E-state index in [1.54, 1.807) is 18.2 Å². The van der Waals surface area contributed by atoms with Crippen LogP contribution in [0.2, 0.25) is 5.02 Å². The Hall–Kier alpha value is -2.60. The van der Waals surface area contributed by atoms with Crippen molar-refractivity contribution in [3.8, 4) is 11.5 Å². The van der Waals surface area contributed by atoms with Crippen molar-refractivity contribution in [2.75, 3.05) is 13.2 Å². The Labute approximate surface area is 161 Å². The van der Waals surface area contributed by atoms with E-state index in [2.05, 4.69) is 0 Å². The molecule has 0 saturated carbocycles. The lowest BCUT2D eigenvalue weighted by atomic mass is 10.1. The van der Waals surface area contributed by atoms with Crippen LogP contribution in [-0.4, -0.2) is 25.0 Å². The molecule has 0 bridgehead atoms. The Morgan fingerprint density at radius 2 is 1.85 bits per heavy atom. The van der Waals surface area contributed by atoms with Crippen LogP contribution in [0.4, 0.5) is 4.39 Å². The van der Waals surface area contributed by atoms with Gasteiger partial charge in [-0.3, -0.25) is 9.59 Å². The first-order valence-electron chi connectivity index (χ1n) is 8.56. The number of ether oxygens (including phenoxy) is 3. The zero-order valence-electron chi connectivity index (χ0n) is 14.5. The van der Waals surface area contributed by atoms with Gasteiger partial charge < -0.3 is 14.2 Å². The number of Topliss-reactive ketones (excluding diaryl/α,β-unsaturated/α-hetero) is 1. The molecule has 0 aromatic heterocycles. The fraction of sp³-hybridized carbons (Fsp3) is 0.300. The number of hydrogen-bond acceptors (Lipinski definition) is 5. The van der Waals surface area contributed by atoms with Crippen molar-refractivity contribution in [3.05, 3.63) is 58.4 Å². The van der Waals surface area contributed by atoms with Crippen molar-refractivity contribution in [1.29, 1.82) is 0 Å². The largest absolute Gasteiger partial charge is 0.490 e. The lowest BCUT2D eigenvalue weighted by Gasteiger charge is -2.09. The van der Waals surface area contributed by atoms with Gasteiger partial charge in [0.25, 0.3) is 0 Å². The molecule has 0 fully saturated rings. The van der Waals surface area contributed by atoms with Gasteiger partial charge in [-0.2, -0.15) is 0 Å². The molecular weight excluding hydrogens is 375 g/mol. The average Bonchev–Trinajstić information content (AvgIpc) is 2.90. The van der Waals surface area contributed by atoms with Crippen LogP contribution in [0.15, 0.2) is 36.4 Å². The summed E-state index contributed by atoms with van der Waals surface area (Å²) in [7, 11) is 0. The van der Waals surface area contributed by atoms with E-state index in [0.29, 0.717) is 30.3 Å². The number of rotatable bonds is 6. The molecular formula is C20H18ClFO5. The summed E-state index contributed by atoms with van der Waals surface area (Å²) in [6, 6.07) is 9.17. The van der Waals surface area contributed by atoms with Crippen LogP contribution in [0.1, 0.15) is 35.2 Å². The Balaban J connectivity index is 1.53. The van der Waals surface area contributed by atoms with Gasteiger partial charge in [-0.05, 0) is 30.3 Å². The molecule has 0 amide bonds. The molecule has 0 aliphatic carbocycles. The van der Waals surface area contributed by atoms with Crippen LogP contribution >= 0.6 is 11.6 Å². The number of carbonyl (C=O) groups excluding carboxylic acids is 2. The van der Waals surface area contributed by atoms with Crippen molar-refractivity contribution in [3.63, 3.8) is 0 Å². The molecule has 27 heavy (non-hydrogen) atoms. The van der Waals surface area contributed by atoms with Crippen LogP contribution in [0, 0.1) is 5.82 Å². The maximum Gasteiger partial charge on any atom is 0.306 e. The van der Waals surface area contributed by atoms with E-state index in [-0.39, 0.29) is 35.8 Å². The number of ketones is 1. The maximum atomic E-state index is 13.7. The molecule has 1 aliphatic heterocycles. The van der Waals surface area contributed by atoms with Gasteiger partial charge in [-0.25, -0.2) is 4.39 Å². The quantitative estimate of drug-likeness (QED) is 0.540. The van der Waals surface area contributed by atoms with E-state index in [9.17, 15) is 14.0 Å². The second kappa shape index (κ2) is 8.86. The summed E-state index contributed by atoms with van der Waals surface area (Å²) >= 11 is 5.88. The summed E-state index contributed by atoms with van der Waals surface area (Å²) in [5.74, 6) is -0.234. The van der Waals surface area contributed by atoms with E-state index in [4.69, 9.17) is 25.8 Å². The van der Waals surface area contributed by atoms with E-state index in [1.807, 2.05) is 0 Å². The number of halogens is 2. The molecule has 7 heteroatoms. The zero-order chi connectivity index (χ0) is 19.2. The smallest absolute Gasteiger partial charge is 0.306 e.